The minimum Gasteiger partial charge on any atom is -0.309 e. The number of fused-ring (bicyclic) bond motifs is 10. The van der Waals surface area contributed by atoms with Gasteiger partial charge >= 0.3 is 0 Å². The predicted molar refractivity (Wildman–Crippen MR) is 232 cm³/mol. The maximum Gasteiger partial charge on any atom is 0.0548 e. The molecule has 0 unspecified atom stereocenters. The highest BCUT2D eigenvalue weighted by Crippen LogP contribution is 2.41. The third-order valence-corrected chi connectivity index (χ3v) is 11.6. The molecular formula is C52H33N3. The lowest BCUT2D eigenvalue weighted by atomic mass is 10.0. The summed E-state index contributed by atoms with van der Waals surface area (Å²) < 4.78 is 7.28. The van der Waals surface area contributed by atoms with Gasteiger partial charge in [0.05, 0.1) is 38.8 Å². The van der Waals surface area contributed by atoms with Gasteiger partial charge in [-0.05, 0) is 83.2 Å². The van der Waals surface area contributed by atoms with E-state index >= 15 is 0 Å². The van der Waals surface area contributed by atoms with Gasteiger partial charge in [0.1, 0.15) is 0 Å². The Morgan fingerprint density at radius 2 is 0.691 bits per heavy atom. The van der Waals surface area contributed by atoms with Crippen LogP contribution < -0.4 is 0 Å². The van der Waals surface area contributed by atoms with Crippen molar-refractivity contribution in [1.29, 1.82) is 0 Å². The van der Waals surface area contributed by atoms with E-state index in [0.29, 0.717) is 0 Å². The van der Waals surface area contributed by atoms with E-state index in [1.807, 2.05) is 0 Å². The lowest BCUT2D eigenvalue weighted by Crippen LogP contribution is -1.96. The van der Waals surface area contributed by atoms with Crippen molar-refractivity contribution in [2.45, 2.75) is 0 Å². The van der Waals surface area contributed by atoms with Crippen molar-refractivity contribution in [3.63, 3.8) is 0 Å². The van der Waals surface area contributed by atoms with E-state index in [-0.39, 0.29) is 0 Å². The Kier molecular flexibility index (Phi) is 6.34. The molecule has 0 fully saturated rings. The van der Waals surface area contributed by atoms with Crippen molar-refractivity contribution in [2.24, 2.45) is 0 Å². The molecule has 3 aromatic heterocycles. The largest absolute Gasteiger partial charge is 0.309 e. The first-order valence-electron chi connectivity index (χ1n) is 18.9. The van der Waals surface area contributed by atoms with Crippen LogP contribution in [0.3, 0.4) is 0 Å². The quantitative estimate of drug-likeness (QED) is 0.174. The van der Waals surface area contributed by atoms with Gasteiger partial charge in [-0.15, -0.1) is 0 Å². The Morgan fingerprint density at radius 3 is 1.35 bits per heavy atom. The summed E-state index contributed by atoms with van der Waals surface area (Å²) in [7, 11) is 0. The van der Waals surface area contributed by atoms with Gasteiger partial charge in [0.2, 0.25) is 0 Å². The second kappa shape index (κ2) is 11.6. The molecular weight excluding hydrogens is 667 g/mol. The molecule has 256 valence electrons. The predicted octanol–water partition coefficient (Wildman–Crippen LogP) is 13.8. The maximum atomic E-state index is 2.44. The van der Waals surface area contributed by atoms with Gasteiger partial charge in [0.15, 0.2) is 0 Å². The summed E-state index contributed by atoms with van der Waals surface area (Å²) in [6, 6.07) is 73.2. The van der Waals surface area contributed by atoms with E-state index in [0.717, 1.165) is 5.69 Å². The lowest BCUT2D eigenvalue weighted by molar-refractivity contribution is 1.17. The molecule has 9 aromatic carbocycles. The number of para-hydroxylation sites is 4. The zero-order chi connectivity index (χ0) is 36.0. The molecule has 0 bridgehead atoms. The van der Waals surface area contributed by atoms with Gasteiger partial charge in [-0.3, -0.25) is 0 Å². The van der Waals surface area contributed by atoms with Crippen LogP contribution in [-0.2, 0) is 0 Å². The van der Waals surface area contributed by atoms with E-state index in [4.69, 9.17) is 0 Å². The van der Waals surface area contributed by atoms with Crippen LogP contribution in [0.4, 0.5) is 0 Å². The molecule has 0 aliphatic rings. The molecule has 0 radical (unpaired) electrons. The zero-order valence-corrected chi connectivity index (χ0v) is 29.9. The molecule has 12 rings (SSSR count). The fourth-order valence-electron chi connectivity index (χ4n) is 9.18. The molecule has 0 aliphatic heterocycles. The van der Waals surface area contributed by atoms with Gasteiger partial charge in [0.25, 0.3) is 0 Å². The first-order valence-corrected chi connectivity index (χ1v) is 18.9. The van der Waals surface area contributed by atoms with Crippen LogP contribution in [0.5, 0.6) is 0 Å². The third-order valence-electron chi connectivity index (χ3n) is 11.6. The molecule has 0 atom stereocenters. The lowest BCUT2D eigenvalue weighted by Gasteiger charge is -2.13. The fourth-order valence-corrected chi connectivity index (χ4v) is 9.18. The number of hydrogen-bond donors (Lipinski definition) is 0. The van der Waals surface area contributed by atoms with Crippen LogP contribution in [0.15, 0.2) is 200 Å². The van der Waals surface area contributed by atoms with Crippen LogP contribution in [0.1, 0.15) is 0 Å². The van der Waals surface area contributed by atoms with Crippen molar-refractivity contribution < 1.29 is 0 Å². The third kappa shape index (κ3) is 4.38. The van der Waals surface area contributed by atoms with E-state index in [1.54, 1.807) is 0 Å². The summed E-state index contributed by atoms with van der Waals surface area (Å²) in [4.78, 5) is 0. The van der Waals surface area contributed by atoms with Gasteiger partial charge in [-0.1, -0.05) is 133 Å². The molecule has 0 spiro atoms. The Balaban J connectivity index is 1.04. The highest BCUT2D eigenvalue weighted by Gasteiger charge is 2.19. The Labute approximate surface area is 317 Å². The monoisotopic (exact) mass is 699 g/mol. The molecule has 3 nitrogen and oxygen atoms in total. The second-order valence-electron chi connectivity index (χ2n) is 14.6. The molecule has 0 saturated carbocycles. The van der Waals surface area contributed by atoms with Gasteiger partial charge < -0.3 is 13.7 Å². The highest BCUT2D eigenvalue weighted by atomic mass is 15.0. The summed E-state index contributed by atoms with van der Waals surface area (Å²) in [5, 5.41) is 10.0. The molecule has 0 saturated heterocycles. The molecule has 3 heteroatoms. The minimum atomic E-state index is 1.15. The number of aromatic nitrogens is 3. The number of hydrogen-bond acceptors (Lipinski definition) is 0. The Bertz CT molecular complexity index is 3460. The van der Waals surface area contributed by atoms with Gasteiger partial charge in [0, 0.05) is 49.1 Å². The Hall–Kier alpha value is -7.36. The zero-order valence-electron chi connectivity index (χ0n) is 29.9. The topological polar surface area (TPSA) is 14.8 Å². The average Bonchev–Trinajstić information content (AvgIpc) is 3.88. The maximum absolute atomic E-state index is 2.44. The Morgan fingerprint density at radius 1 is 0.236 bits per heavy atom. The standard InChI is InChI=1S/C52H33N3/c1-2-15-37(16-3-1)53-47-21-9-7-19-41(47)44-33-52-45(32-51(44)53)42-20-8-10-22-48(42)54(52)38-28-25-34(26-29-38)36-27-30-43-40-18-6-11-23-49(40)55(50(43)31-36)46-24-12-14-35-13-4-5-17-39(35)46/h1-33H. The van der Waals surface area contributed by atoms with E-state index in [1.165, 1.54) is 98.7 Å². The SMILES string of the molecule is c1ccc(-n2c3ccccc3c3cc4c(cc32)c2ccccc2n4-c2ccc(-c3ccc4c5ccccc5n(-c5cccc6ccccc56)c4c3)cc2)cc1. The summed E-state index contributed by atoms with van der Waals surface area (Å²) in [6.45, 7) is 0. The van der Waals surface area contributed by atoms with Crippen LogP contribution in [0, 0.1) is 0 Å². The fraction of sp³-hybridized carbons (Fsp3) is 0. The first kappa shape index (κ1) is 30.1. The minimum absolute atomic E-state index is 1.15. The first-order chi connectivity index (χ1) is 27.3. The smallest absolute Gasteiger partial charge is 0.0548 e. The normalized spacial score (nSPS) is 12.0. The van der Waals surface area contributed by atoms with Crippen molar-refractivity contribution in [3.05, 3.63) is 200 Å². The second-order valence-corrected chi connectivity index (χ2v) is 14.6. The molecule has 0 N–H and O–H groups in total. The van der Waals surface area contributed by atoms with E-state index in [2.05, 4.69) is 214 Å². The van der Waals surface area contributed by atoms with Crippen molar-refractivity contribution in [2.75, 3.05) is 0 Å². The summed E-state index contributed by atoms with van der Waals surface area (Å²) in [6.07, 6.45) is 0. The molecule has 55 heavy (non-hydrogen) atoms. The van der Waals surface area contributed by atoms with Crippen LogP contribution in [0.2, 0.25) is 0 Å². The summed E-state index contributed by atoms with van der Waals surface area (Å²) >= 11 is 0. The highest BCUT2D eigenvalue weighted by molar-refractivity contribution is 6.19. The van der Waals surface area contributed by atoms with E-state index in [9.17, 15) is 0 Å². The number of rotatable bonds is 4. The van der Waals surface area contributed by atoms with Gasteiger partial charge in [-0.2, -0.15) is 0 Å². The van der Waals surface area contributed by atoms with Crippen molar-refractivity contribution in [1.82, 2.24) is 13.7 Å². The number of benzene rings is 9. The summed E-state index contributed by atoms with van der Waals surface area (Å²) in [5.74, 6) is 0. The van der Waals surface area contributed by atoms with Crippen LogP contribution in [0.25, 0.3) is 104 Å². The molecule has 12 aromatic rings. The summed E-state index contributed by atoms with van der Waals surface area (Å²) in [5.41, 5.74) is 13.2. The number of nitrogens with zero attached hydrogens (tertiary/aromatic N) is 3. The molecule has 3 heterocycles. The molecule has 0 aliphatic carbocycles. The van der Waals surface area contributed by atoms with Gasteiger partial charge in [-0.25, -0.2) is 0 Å². The average molecular weight is 700 g/mol. The van der Waals surface area contributed by atoms with E-state index < -0.39 is 0 Å². The van der Waals surface area contributed by atoms with Crippen molar-refractivity contribution >= 4 is 76.2 Å². The van der Waals surface area contributed by atoms with Crippen LogP contribution in [-0.4, -0.2) is 13.7 Å². The van der Waals surface area contributed by atoms with Crippen LogP contribution >= 0.6 is 0 Å². The van der Waals surface area contributed by atoms with Crippen molar-refractivity contribution in [3.8, 4) is 28.2 Å². The molecule has 0 amide bonds.